The van der Waals surface area contributed by atoms with Crippen molar-refractivity contribution in [3.63, 3.8) is 0 Å². The average molecular weight is 284 g/mol. The van der Waals surface area contributed by atoms with Crippen LogP contribution in [0.25, 0.3) is 0 Å². The van der Waals surface area contributed by atoms with Gasteiger partial charge >= 0.3 is 0 Å². The number of nitrogen functional groups attached to an aromatic ring is 1. The zero-order valence-electron chi connectivity index (χ0n) is 11.4. The molecule has 1 atom stereocenters. The molecule has 1 aromatic rings. The minimum absolute atomic E-state index is 0.0128. The molecule has 4 nitrogen and oxygen atoms in total. The van der Waals surface area contributed by atoms with Crippen molar-refractivity contribution in [2.75, 3.05) is 25.4 Å². The number of carbonyl (C=O) groups is 1. The van der Waals surface area contributed by atoms with Crippen LogP contribution in [0.15, 0.2) is 12.1 Å². The molecule has 20 heavy (non-hydrogen) atoms. The zero-order chi connectivity index (χ0) is 14.7. The normalized spacial score (nSPS) is 19.1. The van der Waals surface area contributed by atoms with Gasteiger partial charge in [-0.25, -0.2) is 8.78 Å². The summed E-state index contributed by atoms with van der Waals surface area (Å²) in [5.74, 6) is -2.22. The molecule has 2 rings (SSSR count). The Morgan fingerprint density at radius 1 is 1.45 bits per heavy atom. The Morgan fingerprint density at radius 3 is 2.70 bits per heavy atom. The fourth-order valence-electron chi connectivity index (χ4n) is 2.38. The van der Waals surface area contributed by atoms with Gasteiger partial charge in [-0.1, -0.05) is 0 Å². The largest absolute Gasteiger partial charge is 0.394 e. The third kappa shape index (κ3) is 3.07. The summed E-state index contributed by atoms with van der Waals surface area (Å²) >= 11 is 0. The summed E-state index contributed by atoms with van der Waals surface area (Å²) in [6, 6.07) is 1.95. The molecule has 1 fully saturated rings. The van der Waals surface area contributed by atoms with E-state index in [4.69, 9.17) is 10.5 Å². The van der Waals surface area contributed by atoms with E-state index in [1.807, 2.05) is 6.92 Å². The zero-order valence-corrected chi connectivity index (χ0v) is 11.4. The van der Waals surface area contributed by atoms with Crippen LogP contribution in [0.5, 0.6) is 0 Å². The van der Waals surface area contributed by atoms with E-state index >= 15 is 0 Å². The fourth-order valence-corrected chi connectivity index (χ4v) is 2.38. The predicted molar refractivity (Wildman–Crippen MR) is 71.3 cm³/mol. The topological polar surface area (TPSA) is 55.6 Å². The van der Waals surface area contributed by atoms with E-state index < -0.39 is 23.2 Å². The first kappa shape index (κ1) is 14.7. The summed E-state index contributed by atoms with van der Waals surface area (Å²) in [6.45, 7) is 3.49. The van der Waals surface area contributed by atoms with Crippen molar-refractivity contribution < 1.29 is 18.3 Å². The van der Waals surface area contributed by atoms with E-state index in [9.17, 15) is 13.6 Å². The lowest BCUT2D eigenvalue weighted by molar-refractivity contribution is 0.00722. The van der Waals surface area contributed by atoms with Crippen LogP contribution < -0.4 is 5.73 Å². The Kier molecular flexibility index (Phi) is 4.54. The lowest BCUT2D eigenvalue weighted by Gasteiger charge is -2.32. The van der Waals surface area contributed by atoms with Crippen LogP contribution in [0.2, 0.25) is 0 Å². The molecule has 0 spiro atoms. The number of hydrogen-bond donors (Lipinski definition) is 1. The van der Waals surface area contributed by atoms with Gasteiger partial charge in [-0.15, -0.1) is 0 Å². The Bertz CT molecular complexity index is 483. The highest BCUT2D eigenvalue weighted by Gasteiger charge is 2.25. The van der Waals surface area contributed by atoms with Gasteiger partial charge in [0.05, 0.1) is 6.10 Å². The van der Waals surface area contributed by atoms with Gasteiger partial charge in [0.2, 0.25) is 0 Å². The van der Waals surface area contributed by atoms with E-state index in [0.29, 0.717) is 19.7 Å². The number of amides is 1. The number of piperidine rings is 1. The SMILES string of the molecule is CCOC1CCCN(C(=O)c2cc(F)c(N)c(F)c2)C1. The van der Waals surface area contributed by atoms with Crippen LogP contribution in [-0.2, 0) is 4.74 Å². The van der Waals surface area contributed by atoms with Crippen LogP contribution in [0.3, 0.4) is 0 Å². The highest BCUT2D eigenvalue weighted by molar-refractivity contribution is 5.94. The quantitative estimate of drug-likeness (QED) is 0.866. The minimum Gasteiger partial charge on any atom is -0.394 e. The number of anilines is 1. The lowest BCUT2D eigenvalue weighted by Crippen LogP contribution is -2.43. The third-order valence-corrected chi connectivity index (χ3v) is 3.39. The van der Waals surface area contributed by atoms with Gasteiger partial charge in [0.15, 0.2) is 0 Å². The summed E-state index contributed by atoms with van der Waals surface area (Å²) < 4.78 is 32.3. The standard InChI is InChI=1S/C14H18F2N2O2/c1-2-20-10-4-3-5-18(8-10)14(19)9-6-11(15)13(17)12(16)7-9/h6-7,10H,2-5,8,17H2,1H3. The molecule has 110 valence electrons. The molecule has 1 heterocycles. The molecular weight excluding hydrogens is 266 g/mol. The van der Waals surface area contributed by atoms with Crippen LogP contribution in [0.4, 0.5) is 14.5 Å². The maximum Gasteiger partial charge on any atom is 0.254 e. The fraction of sp³-hybridized carbons (Fsp3) is 0.500. The molecule has 2 N–H and O–H groups in total. The number of hydrogen-bond acceptors (Lipinski definition) is 3. The Morgan fingerprint density at radius 2 is 2.10 bits per heavy atom. The van der Waals surface area contributed by atoms with Crippen LogP contribution in [-0.4, -0.2) is 36.6 Å². The molecule has 1 unspecified atom stereocenters. The summed E-state index contributed by atoms with van der Waals surface area (Å²) in [6.07, 6.45) is 1.69. The van der Waals surface area contributed by atoms with E-state index in [1.165, 1.54) is 0 Å². The van der Waals surface area contributed by atoms with Crippen LogP contribution in [0.1, 0.15) is 30.1 Å². The number of nitrogens with zero attached hydrogens (tertiary/aromatic N) is 1. The number of nitrogens with two attached hydrogens (primary N) is 1. The summed E-state index contributed by atoms with van der Waals surface area (Å²) in [5, 5.41) is 0. The highest BCUT2D eigenvalue weighted by atomic mass is 19.1. The van der Waals surface area contributed by atoms with Crippen LogP contribution >= 0.6 is 0 Å². The second kappa shape index (κ2) is 6.17. The number of rotatable bonds is 3. The maximum absolute atomic E-state index is 13.4. The molecule has 1 saturated heterocycles. The molecule has 0 aliphatic carbocycles. The van der Waals surface area contributed by atoms with Gasteiger partial charge in [0, 0.05) is 25.3 Å². The van der Waals surface area contributed by atoms with Gasteiger partial charge in [-0.05, 0) is 31.9 Å². The Hall–Kier alpha value is -1.69. The van der Waals surface area contributed by atoms with E-state index in [2.05, 4.69) is 0 Å². The number of benzene rings is 1. The van der Waals surface area contributed by atoms with Gasteiger partial charge in [-0.3, -0.25) is 4.79 Å². The smallest absolute Gasteiger partial charge is 0.254 e. The molecule has 1 aliphatic rings. The minimum atomic E-state index is -0.910. The van der Waals surface area contributed by atoms with Crippen molar-refractivity contribution in [1.82, 2.24) is 4.90 Å². The molecule has 6 heteroatoms. The number of ether oxygens (including phenoxy) is 1. The average Bonchev–Trinajstić information content (AvgIpc) is 2.44. The Balaban J connectivity index is 2.14. The van der Waals surface area contributed by atoms with Gasteiger partial charge in [0.1, 0.15) is 17.3 Å². The molecule has 0 saturated carbocycles. The molecule has 1 aliphatic heterocycles. The molecule has 1 amide bonds. The maximum atomic E-state index is 13.4. The van der Waals surface area contributed by atoms with E-state index in [1.54, 1.807) is 4.90 Å². The first-order chi connectivity index (χ1) is 9.52. The summed E-state index contributed by atoms with van der Waals surface area (Å²) in [4.78, 5) is 13.8. The molecule has 1 aromatic carbocycles. The van der Waals surface area contributed by atoms with Crippen molar-refractivity contribution in [3.8, 4) is 0 Å². The van der Waals surface area contributed by atoms with Gasteiger partial charge < -0.3 is 15.4 Å². The molecule has 0 bridgehead atoms. The highest BCUT2D eigenvalue weighted by Crippen LogP contribution is 2.21. The van der Waals surface area contributed by atoms with Crippen molar-refractivity contribution in [3.05, 3.63) is 29.3 Å². The number of halogens is 2. The second-order valence-electron chi connectivity index (χ2n) is 4.82. The second-order valence-corrected chi connectivity index (χ2v) is 4.82. The molecule has 0 aromatic heterocycles. The van der Waals surface area contributed by atoms with Gasteiger partial charge in [0.25, 0.3) is 5.91 Å². The predicted octanol–water partition coefficient (Wildman–Crippen LogP) is 2.19. The lowest BCUT2D eigenvalue weighted by atomic mass is 10.1. The summed E-state index contributed by atoms with van der Waals surface area (Å²) in [7, 11) is 0. The monoisotopic (exact) mass is 284 g/mol. The molecular formula is C14H18F2N2O2. The number of likely N-dealkylation sites (tertiary alicyclic amines) is 1. The van der Waals surface area contributed by atoms with E-state index in [0.717, 1.165) is 25.0 Å². The van der Waals surface area contributed by atoms with Gasteiger partial charge in [-0.2, -0.15) is 0 Å². The van der Waals surface area contributed by atoms with E-state index in [-0.39, 0.29) is 11.7 Å². The van der Waals surface area contributed by atoms with Crippen molar-refractivity contribution in [2.45, 2.75) is 25.9 Å². The third-order valence-electron chi connectivity index (χ3n) is 3.39. The van der Waals surface area contributed by atoms with Crippen LogP contribution in [0, 0.1) is 11.6 Å². The first-order valence-corrected chi connectivity index (χ1v) is 6.68. The Labute approximate surface area is 116 Å². The van der Waals surface area contributed by atoms with Crippen molar-refractivity contribution >= 4 is 11.6 Å². The molecule has 0 radical (unpaired) electrons. The number of carbonyl (C=O) groups excluding carboxylic acids is 1. The first-order valence-electron chi connectivity index (χ1n) is 6.68. The summed E-state index contributed by atoms with van der Waals surface area (Å²) in [5.41, 5.74) is 4.61. The van der Waals surface area contributed by atoms with Crippen molar-refractivity contribution in [1.29, 1.82) is 0 Å². The van der Waals surface area contributed by atoms with Crippen molar-refractivity contribution in [2.24, 2.45) is 0 Å².